The van der Waals surface area contributed by atoms with Gasteiger partial charge in [-0.25, -0.2) is 0 Å². The molecule has 44 heavy (non-hydrogen) atoms. The Labute approximate surface area is 258 Å². The van der Waals surface area contributed by atoms with Crippen LogP contribution in [0.5, 0.6) is 6.01 Å². The van der Waals surface area contributed by atoms with E-state index in [1.807, 2.05) is 0 Å². The summed E-state index contributed by atoms with van der Waals surface area (Å²) in [7, 11) is 6.88. The van der Waals surface area contributed by atoms with Crippen LogP contribution in [0.25, 0.3) is 0 Å². The minimum Gasteiger partial charge on any atom is -0.467 e. The van der Waals surface area contributed by atoms with Crippen molar-refractivity contribution in [2.75, 3.05) is 83.9 Å². The number of fused-ring (bicyclic) bond motifs is 1. The van der Waals surface area contributed by atoms with Gasteiger partial charge in [-0.1, -0.05) is 25.6 Å². The van der Waals surface area contributed by atoms with Crippen LogP contribution in [-0.4, -0.2) is 106 Å². The van der Waals surface area contributed by atoms with E-state index in [0.717, 1.165) is 17.9 Å². The van der Waals surface area contributed by atoms with Crippen LogP contribution >= 0.6 is 0 Å². The Morgan fingerprint density at radius 1 is 1.09 bits per heavy atom. The summed E-state index contributed by atoms with van der Waals surface area (Å²) in [6.45, 7) is 10.5. The largest absolute Gasteiger partial charge is 0.467 e. The number of aromatic nitrogens is 2. The van der Waals surface area contributed by atoms with Crippen molar-refractivity contribution in [3.05, 3.63) is 53.2 Å². The van der Waals surface area contributed by atoms with Gasteiger partial charge in [-0.15, -0.1) is 0 Å². The number of piperazine rings is 1. The number of aryl methyl sites for hydroxylation is 1. The molecular formula is C31H46F3N7O3. The smallest absolute Gasteiger partial charge is 0.418 e. The topological polar surface area (TPSA) is 100 Å². The summed E-state index contributed by atoms with van der Waals surface area (Å²) in [5, 5.41) is 0. The Kier molecular flexibility index (Phi) is 12.8. The monoisotopic (exact) mass is 621 g/mol. The summed E-state index contributed by atoms with van der Waals surface area (Å²) in [4.78, 5) is 28.8. The molecule has 0 aliphatic carbocycles. The Bertz CT molecular complexity index is 1250. The number of halogens is 3. The number of anilines is 2. The molecule has 5 rings (SSSR count). The first-order valence-electron chi connectivity index (χ1n) is 14.9. The van der Waals surface area contributed by atoms with Crippen LogP contribution in [0.1, 0.15) is 35.7 Å². The van der Waals surface area contributed by atoms with Gasteiger partial charge >= 0.3 is 12.2 Å². The highest BCUT2D eigenvalue weighted by molar-refractivity contribution is 5.87. The van der Waals surface area contributed by atoms with Crippen LogP contribution in [0, 0.1) is 0 Å². The Morgan fingerprint density at radius 3 is 2.32 bits per heavy atom. The van der Waals surface area contributed by atoms with Crippen molar-refractivity contribution >= 4 is 17.4 Å². The second-order valence-electron chi connectivity index (χ2n) is 10.7. The molecule has 2 aromatic rings. The van der Waals surface area contributed by atoms with Gasteiger partial charge in [-0.2, -0.15) is 23.1 Å². The number of hydrogen-bond donors (Lipinski definition) is 1. The number of methoxy groups -OCH3 is 2. The fourth-order valence-electron chi connectivity index (χ4n) is 5.77. The number of likely N-dealkylation sites (tertiary alicyclic amines) is 1. The summed E-state index contributed by atoms with van der Waals surface area (Å²) in [6.07, 6.45) is -0.628. The number of ether oxygens (including phenoxy) is 2. The molecule has 0 radical (unpaired) electrons. The van der Waals surface area contributed by atoms with E-state index < -0.39 is 11.7 Å². The van der Waals surface area contributed by atoms with E-state index in [0.29, 0.717) is 57.4 Å². The molecule has 2 fully saturated rings. The first kappa shape index (κ1) is 35.1. The molecule has 2 saturated heterocycles. The minimum atomic E-state index is -4.45. The molecule has 4 heterocycles. The number of likely N-dealkylation sites (N-methyl/N-ethyl adjacent to an activating group) is 1. The van der Waals surface area contributed by atoms with Crippen LogP contribution in [0.15, 0.2) is 30.9 Å². The second-order valence-corrected chi connectivity index (χ2v) is 10.7. The third-order valence-electron chi connectivity index (χ3n) is 8.09. The lowest BCUT2D eigenvalue weighted by Gasteiger charge is -2.38. The Balaban J connectivity index is 0.000000454. The molecule has 1 amide bonds. The van der Waals surface area contributed by atoms with Gasteiger partial charge in [0.25, 0.3) is 0 Å². The number of carbonyl (C=O) groups is 1. The summed E-state index contributed by atoms with van der Waals surface area (Å²) in [6, 6.07) is 4.92. The van der Waals surface area contributed by atoms with Gasteiger partial charge in [-0.3, -0.25) is 4.79 Å². The molecule has 244 valence electrons. The lowest BCUT2D eigenvalue weighted by Crippen LogP contribution is -2.49. The minimum absolute atomic E-state index is 0.104. The Hall–Kier alpha value is -3.42. The molecule has 13 heteroatoms. The average molecular weight is 622 g/mol. The third-order valence-corrected chi connectivity index (χ3v) is 8.09. The number of rotatable bonds is 6. The van der Waals surface area contributed by atoms with Gasteiger partial charge in [0.05, 0.1) is 31.0 Å². The molecule has 1 aromatic heterocycles. The van der Waals surface area contributed by atoms with Gasteiger partial charge in [0.15, 0.2) is 0 Å². The highest BCUT2D eigenvalue weighted by Crippen LogP contribution is 2.41. The van der Waals surface area contributed by atoms with Crippen LogP contribution in [0.4, 0.5) is 24.7 Å². The normalized spacial score (nSPS) is 18.5. The zero-order chi connectivity index (χ0) is 32.4. The van der Waals surface area contributed by atoms with E-state index >= 15 is 0 Å². The number of carbonyl (C=O) groups excluding carboxylic acids is 1. The third kappa shape index (κ3) is 8.39. The van der Waals surface area contributed by atoms with Crippen molar-refractivity contribution in [1.82, 2.24) is 19.8 Å². The summed E-state index contributed by atoms with van der Waals surface area (Å²) in [5.41, 5.74) is 5.95. The van der Waals surface area contributed by atoms with Gasteiger partial charge < -0.3 is 34.8 Å². The molecule has 10 nitrogen and oxygen atoms in total. The molecule has 0 spiro atoms. The van der Waals surface area contributed by atoms with Crippen LogP contribution in [0.3, 0.4) is 0 Å². The van der Waals surface area contributed by atoms with Crippen molar-refractivity contribution in [2.45, 2.75) is 45.0 Å². The molecule has 3 aliphatic heterocycles. The van der Waals surface area contributed by atoms with Gasteiger partial charge in [-0.05, 0) is 51.1 Å². The number of benzene rings is 1. The number of hydrogen-bond acceptors (Lipinski definition) is 9. The molecule has 1 aromatic carbocycles. The molecule has 1 atom stereocenters. The summed E-state index contributed by atoms with van der Waals surface area (Å²) >= 11 is 0. The van der Waals surface area contributed by atoms with Crippen LogP contribution in [0.2, 0.25) is 0 Å². The number of nitrogens with zero attached hydrogens (tertiary/aromatic N) is 6. The van der Waals surface area contributed by atoms with E-state index in [4.69, 9.17) is 9.47 Å². The second kappa shape index (κ2) is 16.1. The van der Waals surface area contributed by atoms with Gasteiger partial charge in [0.2, 0.25) is 5.91 Å². The van der Waals surface area contributed by atoms with E-state index in [9.17, 15) is 18.0 Å². The standard InChI is InChI=1S/C24H28F3N5O2.C6H13NO.CH5N/c1-4-16-7-6-8-19(21(16)24(25,26)27)32-10-9-17-18(15-32)28-23(34-3)29-22(17)31-13-11-30(12-14-31)20(33)5-2;1-7-4-3-6(5-7)8-2;1-2/h5-8H,2,4,9-15H2,1,3H3;6H,3-5H2,1-2H3;2H2,1H3. The maximum atomic E-state index is 14.0. The number of alkyl halides is 3. The van der Waals surface area contributed by atoms with E-state index in [1.165, 1.54) is 45.3 Å². The quantitative estimate of drug-likeness (QED) is 0.487. The van der Waals surface area contributed by atoms with Crippen molar-refractivity contribution < 1.29 is 27.4 Å². The summed E-state index contributed by atoms with van der Waals surface area (Å²) < 4.78 is 52.4. The number of amides is 1. The maximum absolute atomic E-state index is 14.0. The van der Waals surface area contributed by atoms with Crippen LogP contribution < -0.4 is 20.3 Å². The zero-order valence-electron chi connectivity index (χ0n) is 26.5. The molecule has 1 unspecified atom stereocenters. The molecule has 0 bridgehead atoms. The molecule has 0 saturated carbocycles. The van der Waals surface area contributed by atoms with E-state index in [1.54, 1.807) is 29.9 Å². The highest BCUT2D eigenvalue weighted by Gasteiger charge is 2.38. The van der Waals surface area contributed by atoms with Gasteiger partial charge in [0.1, 0.15) is 5.82 Å². The predicted molar refractivity (Wildman–Crippen MR) is 166 cm³/mol. The molecule has 3 aliphatic rings. The fourth-order valence-corrected chi connectivity index (χ4v) is 5.77. The van der Waals surface area contributed by atoms with Crippen molar-refractivity contribution in [3.8, 4) is 6.01 Å². The summed E-state index contributed by atoms with van der Waals surface area (Å²) in [5.74, 6) is 0.623. The Morgan fingerprint density at radius 2 is 1.80 bits per heavy atom. The number of nitrogens with two attached hydrogens (primary N) is 1. The maximum Gasteiger partial charge on any atom is 0.418 e. The predicted octanol–water partition coefficient (Wildman–Crippen LogP) is 3.38. The van der Waals surface area contributed by atoms with Crippen molar-refractivity contribution in [3.63, 3.8) is 0 Å². The van der Waals surface area contributed by atoms with E-state index in [-0.39, 0.29) is 29.7 Å². The lowest BCUT2D eigenvalue weighted by molar-refractivity contribution is -0.137. The fraction of sp³-hybridized carbons (Fsp3) is 0.581. The van der Waals surface area contributed by atoms with Crippen molar-refractivity contribution in [2.24, 2.45) is 5.73 Å². The first-order chi connectivity index (χ1) is 21.1. The SMILES string of the molecule is C=CC(=O)N1CCN(c2nc(OC)nc3c2CCN(c2cccc(CC)c2C(F)(F)F)C3)CC1.CN.COC1CCN(C)C1. The van der Waals surface area contributed by atoms with Crippen molar-refractivity contribution in [1.29, 1.82) is 0 Å². The zero-order valence-corrected chi connectivity index (χ0v) is 26.5. The average Bonchev–Trinajstić information content (AvgIpc) is 3.49. The first-order valence-corrected chi connectivity index (χ1v) is 14.9. The van der Waals surface area contributed by atoms with Crippen LogP contribution in [-0.2, 0) is 35.1 Å². The molecule has 2 N–H and O–H groups in total. The van der Waals surface area contributed by atoms with Gasteiger partial charge in [0, 0.05) is 64.2 Å². The van der Waals surface area contributed by atoms with E-state index in [2.05, 4.69) is 39.1 Å². The molecular weight excluding hydrogens is 575 g/mol. The lowest BCUT2D eigenvalue weighted by atomic mass is 9.98. The highest BCUT2D eigenvalue weighted by atomic mass is 19.4.